The smallest absolute Gasteiger partial charge is 0.394 e. The predicted octanol–water partition coefficient (Wildman–Crippen LogP) is 9.23. The number of hydrogen-bond acceptors (Lipinski definition) is 11. The molecule has 0 bridgehead atoms. The zero-order valence-electron chi connectivity index (χ0n) is 32.8. The van der Waals surface area contributed by atoms with Gasteiger partial charge in [0, 0.05) is 5.92 Å². The van der Waals surface area contributed by atoms with Crippen LogP contribution in [0.5, 0.6) is 0 Å². The second-order valence-electron chi connectivity index (χ2n) is 13.7. The van der Waals surface area contributed by atoms with Crippen LogP contribution in [0.1, 0.15) is 120 Å². The molecule has 0 radical (unpaired) electrons. The maximum Gasteiger partial charge on any atom is 0.483 e. The predicted molar refractivity (Wildman–Crippen MR) is 209 cm³/mol. The Morgan fingerprint density at radius 1 is 0.635 bits per heavy atom. The quantitative estimate of drug-likeness (QED) is 0.0378. The van der Waals surface area contributed by atoms with Gasteiger partial charge < -0.3 is 42.1 Å². The van der Waals surface area contributed by atoms with E-state index in [0.717, 1.165) is 63.4 Å². The Hall–Kier alpha value is -1.54. The summed E-state index contributed by atoms with van der Waals surface area (Å²) in [5.41, 5.74) is 7.88. The number of ether oxygens (including phenoxy) is 1. The third-order valence-electron chi connectivity index (χ3n) is 8.52. The lowest BCUT2D eigenvalue weighted by atomic mass is 9.93. The number of rotatable bonds is 23. The van der Waals surface area contributed by atoms with E-state index in [1.165, 1.54) is 34.8 Å². The minimum absolute atomic E-state index is 0. The van der Waals surface area contributed by atoms with Gasteiger partial charge in [0.15, 0.2) is 6.29 Å². The summed E-state index contributed by atoms with van der Waals surface area (Å²) < 4.78 is 43.9. The average Bonchev–Trinajstić information content (AvgIpc) is 3.00. The van der Waals surface area contributed by atoms with Crippen molar-refractivity contribution in [2.24, 2.45) is 5.92 Å². The Labute approximate surface area is 313 Å². The van der Waals surface area contributed by atoms with Crippen molar-refractivity contribution in [1.29, 1.82) is 0 Å². The lowest BCUT2D eigenvalue weighted by molar-refractivity contribution is -0.259. The number of hydrogen-bond donors (Lipinski definition) is 7. The van der Waals surface area contributed by atoms with E-state index >= 15 is 0 Å². The number of phosphoric acid groups is 2. The molecular weight excluding hydrogens is 710 g/mol. The highest BCUT2D eigenvalue weighted by Gasteiger charge is 2.47. The fraction of sp³-hybridized carbons (Fsp3) is 0.676. The normalized spacial score (nSPS) is 24.3. The molecule has 11 N–H and O–H groups in total. The maximum absolute atomic E-state index is 12.4. The van der Waals surface area contributed by atoms with Crippen LogP contribution in [-0.4, -0.2) is 62.9 Å². The molecule has 1 heterocycles. The first-order valence-electron chi connectivity index (χ1n) is 17.6. The molecule has 304 valence electrons. The van der Waals surface area contributed by atoms with Crippen LogP contribution in [0.3, 0.4) is 0 Å². The van der Waals surface area contributed by atoms with Gasteiger partial charge in [-0.05, 0) is 113 Å². The molecule has 52 heavy (non-hydrogen) atoms. The summed E-state index contributed by atoms with van der Waals surface area (Å²) in [5, 5.41) is 29.3. The molecule has 0 amide bonds. The molecule has 0 aromatic rings. The third-order valence-corrected chi connectivity index (χ3v) is 11.1. The fourth-order valence-corrected chi connectivity index (χ4v) is 7.36. The van der Waals surface area contributed by atoms with Crippen LogP contribution < -0.4 is 12.3 Å². The van der Waals surface area contributed by atoms with Gasteiger partial charge in [0.2, 0.25) is 0 Å². The van der Waals surface area contributed by atoms with Crippen molar-refractivity contribution in [2.45, 2.75) is 144 Å². The van der Waals surface area contributed by atoms with Crippen LogP contribution in [-0.2, 0) is 27.2 Å². The SMILES string of the molecule is CC(C)=CCC/C(C)=C\CC/C(C)=C\CC/C(C)=C\CC/C(C)=C\CC/C(C)=C\COP(=O)(O)OP(=O)(O)O[C@H]1OC(CO)[C@@H](O)[C@H](O)C1C.N.N. The number of aliphatic hydroxyl groups is 3. The molecule has 13 nitrogen and oxygen atoms in total. The number of allylic oxidation sites excluding steroid dienone is 11. The summed E-state index contributed by atoms with van der Waals surface area (Å²) in [6.45, 7) is 15.2. The minimum Gasteiger partial charge on any atom is -0.394 e. The fourth-order valence-electron chi connectivity index (χ4n) is 5.20. The first kappa shape index (κ1) is 52.6. The van der Waals surface area contributed by atoms with Crippen LogP contribution in [0.25, 0.3) is 0 Å². The van der Waals surface area contributed by atoms with E-state index in [2.05, 4.69) is 76.2 Å². The number of phosphoric ester groups is 2. The van der Waals surface area contributed by atoms with Crippen molar-refractivity contribution in [1.82, 2.24) is 12.3 Å². The molecule has 0 aromatic carbocycles. The molecule has 0 aliphatic carbocycles. The minimum atomic E-state index is -5.21. The number of aliphatic hydroxyl groups excluding tert-OH is 3. The van der Waals surface area contributed by atoms with E-state index in [0.29, 0.717) is 6.42 Å². The summed E-state index contributed by atoms with van der Waals surface area (Å²) in [6, 6.07) is 0. The van der Waals surface area contributed by atoms with Crippen molar-refractivity contribution in [3.63, 3.8) is 0 Å². The van der Waals surface area contributed by atoms with Crippen LogP contribution >= 0.6 is 15.6 Å². The van der Waals surface area contributed by atoms with Gasteiger partial charge in [0.1, 0.15) is 12.2 Å². The molecular formula is C37H70N2O11P2. The van der Waals surface area contributed by atoms with Crippen LogP contribution in [0, 0.1) is 5.92 Å². The van der Waals surface area contributed by atoms with Gasteiger partial charge in [-0.15, -0.1) is 0 Å². The Kier molecular flexibility index (Phi) is 27.4. The largest absolute Gasteiger partial charge is 0.483 e. The molecule has 0 saturated carbocycles. The lowest BCUT2D eigenvalue weighted by Crippen LogP contribution is -2.55. The van der Waals surface area contributed by atoms with E-state index in [1.54, 1.807) is 6.08 Å². The monoisotopic (exact) mass is 780 g/mol. The third kappa shape index (κ3) is 23.3. The average molecular weight is 781 g/mol. The van der Waals surface area contributed by atoms with Crippen molar-refractivity contribution in [3.05, 3.63) is 69.9 Å². The van der Waals surface area contributed by atoms with Gasteiger partial charge in [-0.1, -0.05) is 76.8 Å². The van der Waals surface area contributed by atoms with E-state index in [-0.39, 0.29) is 18.9 Å². The van der Waals surface area contributed by atoms with Crippen molar-refractivity contribution < 1.29 is 52.3 Å². The summed E-state index contributed by atoms with van der Waals surface area (Å²) in [5.74, 6) is -1.02. The van der Waals surface area contributed by atoms with Gasteiger partial charge in [0.05, 0.1) is 19.3 Å². The standard InChI is InChI=1S/C37H64O11P2.2H3N/c1-27(2)14-9-15-28(3)16-10-17-29(4)18-11-19-30(5)20-12-21-31(6)22-13-23-32(7)24-25-45-49(41,42)48-50(43,44)47-37-33(8)35(39)36(40)34(26-38)46-37;;/h14,16,18,20,22,24,33-40H,9-13,15,17,19,21,23,25-26H2,1-8H3,(H,41,42)(H,43,44);2*1H3/b28-16-,29-18-,30-20-,31-22-,32-24-;;/t33?,34?,35-,36-,37-;;/m1../s1. The second-order valence-corrected chi connectivity index (χ2v) is 16.7. The van der Waals surface area contributed by atoms with E-state index < -0.39 is 52.8 Å². The molecule has 1 aliphatic heterocycles. The zero-order valence-corrected chi connectivity index (χ0v) is 34.6. The van der Waals surface area contributed by atoms with E-state index in [4.69, 9.17) is 13.8 Å². The van der Waals surface area contributed by atoms with Crippen LogP contribution in [0.2, 0.25) is 0 Å². The molecule has 1 rings (SSSR count). The highest BCUT2D eigenvalue weighted by atomic mass is 31.3. The first-order chi connectivity index (χ1) is 23.4. The molecule has 4 unspecified atom stereocenters. The summed E-state index contributed by atoms with van der Waals surface area (Å²) in [7, 11) is -10.2. The lowest BCUT2D eigenvalue weighted by Gasteiger charge is -2.40. The molecule has 1 aliphatic rings. The second kappa shape index (κ2) is 27.1. The van der Waals surface area contributed by atoms with Gasteiger partial charge in [-0.2, -0.15) is 4.31 Å². The highest BCUT2D eigenvalue weighted by molar-refractivity contribution is 7.61. The molecule has 1 fully saturated rings. The van der Waals surface area contributed by atoms with Crippen molar-refractivity contribution in [2.75, 3.05) is 13.2 Å². The maximum atomic E-state index is 12.4. The Bertz CT molecular complexity index is 1320. The van der Waals surface area contributed by atoms with E-state index in [1.807, 2.05) is 6.92 Å². The Morgan fingerprint density at radius 3 is 1.40 bits per heavy atom. The molecule has 0 spiro atoms. The topological polar surface area (TPSA) is 242 Å². The van der Waals surface area contributed by atoms with Crippen molar-refractivity contribution in [3.8, 4) is 0 Å². The van der Waals surface area contributed by atoms with Crippen LogP contribution in [0.4, 0.5) is 0 Å². The molecule has 15 heteroatoms. The summed E-state index contributed by atoms with van der Waals surface area (Å²) in [6.07, 6.45) is 17.3. The Balaban J connectivity index is 0. The molecule has 1 saturated heterocycles. The highest BCUT2D eigenvalue weighted by Crippen LogP contribution is 2.61. The van der Waals surface area contributed by atoms with Gasteiger partial charge in [0.25, 0.3) is 0 Å². The Morgan fingerprint density at radius 2 is 1.02 bits per heavy atom. The zero-order chi connectivity index (χ0) is 37.9. The first-order valence-corrected chi connectivity index (χ1v) is 20.6. The van der Waals surface area contributed by atoms with Gasteiger partial charge in [-0.25, -0.2) is 9.13 Å². The summed E-state index contributed by atoms with van der Waals surface area (Å²) >= 11 is 0. The van der Waals surface area contributed by atoms with Gasteiger partial charge >= 0.3 is 15.6 Å². The van der Waals surface area contributed by atoms with Crippen molar-refractivity contribution >= 4 is 15.6 Å². The summed E-state index contributed by atoms with van der Waals surface area (Å²) in [4.78, 5) is 20.0. The van der Waals surface area contributed by atoms with Crippen LogP contribution in [0.15, 0.2) is 69.9 Å². The van der Waals surface area contributed by atoms with Gasteiger partial charge in [-0.3, -0.25) is 9.05 Å². The van der Waals surface area contributed by atoms with E-state index in [9.17, 15) is 34.2 Å². The molecule has 0 aromatic heterocycles. The molecule has 7 atom stereocenters.